The van der Waals surface area contributed by atoms with Crippen LogP contribution in [0.15, 0.2) is 30.5 Å². The van der Waals surface area contributed by atoms with Gasteiger partial charge in [-0.2, -0.15) is 18.2 Å². The Hall–Kier alpha value is -2.51. The Morgan fingerprint density at radius 2 is 1.79 bits per heavy atom. The zero-order chi connectivity index (χ0) is 21.2. The van der Waals surface area contributed by atoms with Gasteiger partial charge in [0, 0.05) is 25.0 Å². The monoisotopic (exact) mass is 409 g/mol. The average Bonchev–Trinajstić information content (AvgIpc) is 3.12. The van der Waals surface area contributed by atoms with E-state index in [0.29, 0.717) is 11.4 Å². The van der Waals surface area contributed by atoms with Crippen molar-refractivity contribution in [2.75, 3.05) is 11.9 Å². The molecule has 5 nitrogen and oxygen atoms in total. The predicted molar refractivity (Wildman–Crippen MR) is 105 cm³/mol. The van der Waals surface area contributed by atoms with Gasteiger partial charge in [0.05, 0.1) is 6.10 Å². The number of halogens is 3. The van der Waals surface area contributed by atoms with Crippen LogP contribution in [-0.2, 0) is 6.18 Å². The highest BCUT2D eigenvalue weighted by atomic mass is 19.4. The highest BCUT2D eigenvalue weighted by Gasteiger charge is 2.37. The van der Waals surface area contributed by atoms with Gasteiger partial charge in [-0.1, -0.05) is 6.07 Å². The van der Waals surface area contributed by atoms with Crippen LogP contribution in [0.2, 0.25) is 0 Å². The largest absolute Gasteiger partial charge is 0.490 e. The molecule has 29 heavy (non-hydrogen) atoms. The summed E-state index contributed by atoms with van der Waals surface area (Å²) in [6, 6.07) is 6.91. The summed E-state index contributed by atoms with van der Waals surface area (Å²) in [7, 11) is 1.53. The third kappa shape index (κ3) is 5.52. The van der Waals surface area contributed by atoms with Crippen molar-refractivity contribution in [1.82, 2.24) is 9.97 Å². The first-order valence-electron chi connectivity index (χ1n) is 9.67. The number of hydrogen-bond acceptors (Lipinski definition) is 5. The molecule has 8 heteroatoms. The summed E-state index contributed by atoms with van der Waals surface area (Å²) in [6.45, 7) is 5.34. The van der Waals surface area contributed by atoms with Crippen molar-refractivity contribution < 1.29 is 22.6 Å². The Morgan fingerprint density at radius 1 is 1.10 bits per heavy atom. The maximum absolute atomic E-state index is 13.6. The molecule has 1 saturated carbocycles. The van der Waals surface area contributed by atoms with Gasteiger partial charge >= 0.3 is 12.2 Å². The maximum atomic E-state index is 13.6. The number of rotatable bonds is 5. The van der Waals surface area contributed by atoms with Gasteiger partial charge < -0.3 is 14.4 Å². The fraction of sp³-hybridized carbons (Fsp3) is 0.524. The van der Waals surface area contributed by atoms with E-state index in [-0.39, 0.29) is 17.9 Å². The average molecular weight is 409 g/mol. The van der Waals surface area contributed by atoms with Gasteiger partial charge in [-0.3, -0.25) is 0 Å². The Labute approximate surface area is 168 Å². The van der Waals surface area contributed by atoms with Crippen LogP contribution >= 0.6 is 0 Å². The molecule has 1 aromatic carbocycles. The second-order valence-corrected chi connectivity index (χ2v) is 8.18. The second-order valence-electron chi connectivity index (χ2n) is 8.18. The van der Waals surface area contributed by atoms with Gasteiger partial charge in [0.2, 0.25) is 0 Å². The lowest BCUT2D eigenvalue weighted by atomic mass is 10.2. The number of ether oxygens (including phenoxy) is 2. The van der Waals surface area contributed by atoms with Gasteiger partial charge in [0.1, 0.15) is 16.9 Å². The molecule has 0 radical (unpaired) electrons. The molecule has 1 heterocycles. The summed E-state index contributed by atoms with van der Waals surface area (Å²) in [4.78, 5) is 9.19. The summed E-state index contributed by atoms with van der Waals surface area (Å²) >= 11 is 0. The summed E-state index contributed by atoms with van der Waals surface area (Å²) in [6.07, 6.45) is 0.593. The Balaban J connectivity index is 1.93. The number of nitrogens with zero attached hydrogens (tertiary/aromatic N) is 3. The first-order chi connectivity index (χ1) is 13.5. The summed E-state index contributed by atoms with van der Waals surface area (Å²) in [5.74, 6) is 0.361. The maximum Gasteiger partial charge on any atom is 0.421 e. The number of alkyl halides is 3. The zero-order valence-corrected chi connectivity index (χ0v) is 17.1. The van der Waals surface area contributed by atoms with Crippen molar-refractivity contribution in [2.24, 2.45) is 0 Å². The van der Waals surface area contributed by atoms with Crippen molar-refractivity contribution in [3.05, 3.63) is 36.0 Å². The Morgan fingerprint density at radius 3 is 2.41 bits per heavy atom. The minimum Gasteiger partial charge on any atom is -0.490 e. The molecule has 0 atom stereocenters. The lowest BCUT2D eigenvalue weighted by molar-refractivity contribution is -0.137. The number of hydrogen-bond donors (Lipinski definition) is 0. The Kier molecular flexibility index (Phi) is 5.91. The van der Waals surface area contributed by atoms with Crippen LogP contribution in [0.3, 0.4) is 0 Å². The molecule has 0 spiro atoms. The van der Waals surface area contributed by atoms with Gasteiger partial charge in [-0.25, -0.2) is 4.98 Å². The van der Waals surface area contributed by atoms with E-state index in [2.05, 4.69) is 9.97 Å². The van der Waals surface area contributed by atoms with E-state index in [1.807, 2.05) is 6.07 Å². The Bertz CT molecular complexity index is 844. The molecular formula is C21H26F3N3O2. The second kappa shape index (κ2) is 8.08. The molecule has 0 bridgehead atoms. The highest BCUT2D eigenvalue weighted by Crippen LogP contribution is 2.38. The van der Waals surface area contributed by atoms with Gasteiger partial charge in [-0.15, -0.1) is 0 Å². The van der Waals surface area contributed by atoms with Crippen LogP contribution in [0.5, 0.6) is 11.8 Å². The van der Waals surface area contributed by atoms with Crippen molar-refractivity contribution in [2.45, 2.75) is 64.3 Å². The first-order valence-corrected chi connectivity index (χ1v) is 9.67. The molecule has 0 unspecified atom stereocenters. The molecule has 3 rings (SSSR count). The minimum atomic E-state index is -4.60. The van der Waals surface area contributed by atoms with Crippen molar-refractivity contribution in [3.8, 4) is 11.8 Å². The van der Waals surface area contributed by atoms with Crippen LogP contribution in [0, 0.1) is 0 Å². The van der Waals surface area contributed by atoms with Crippen LogP contribution in [0.4, 0.5) is 24.7 Å². The number of benzene rings is 1. The van der Waals surface area contributed by atoms with Gasteiger partial charge in [0.25, 0.3) is 0 Å². The van der Waals surface area contributed by atoms with Crippen molar-refractivity contribution in [3.63, 3.8) is 0 Å². The zero-order valence-electron chi connectivity index (χ0n) is 17.1. The van der Waals surface area contributed by atoms with Crippen molar-refractivity contribution >= 4 is 11.5 Å². The summed E-state index contributed by atoms with van der Waals surface area (Å²) in [5, 5.41) is 0. The van der Waals surface area contributed by atoms with Gasteiger partial charge in [-0.05, 0) is 58.6 Å². The van der Waals surface area contributed by atoms with E-state index in [1.54, 1.807) is 39.0 Å². The normalized spacial score (nSPS) is 15.4. The quantitative estimate of drug-likeness (QED) is 0.628. The molecule has 1 fully saturated rings. The molecule has 2 aromatic rings. The van der Waals surface area contributed by atoms with E-state index >= 15 is 0 Å². The molecule has 0 N–H and O–H groups in total. The fourth-order valence-electron chi connectivity index (χ4n) is 3.22. The first kappa shape index (κ1) is 21.2. The number of anilines is 2. The SMILES string of the molecule is CN(c1cccc(OC2CCCC2)c1)c1nc(OC(C)(C)C)ncc1C(F)(F)F. The van der Waals surface area contributed by atoms with E-state index in [9.17, 15) is 13.2 Å². The molecule has 0 aliphatic heterocycles. The van der Waals surface area contributed by atoms with Crippen LogP contribution in [0.1, 0.15) is 52.0 Å². The third-order valence-electron chi connectivity index (χ3n) is 4.58. The highest BCUT2D eigenvalue weighted by molar-refractivity contribution is 5.64. The predicted octanol–water partition coefficient (Wildman–Crippen LogP) is 5.76. The standard InChI is InChI=1S/C21H26F3N3O2/c1-20(2,3)29-19-25-13-17(21(22,23)24)18(26-19)27(4)14-8-7-11-16(12-14)28-15-9-5-6-10-15/h7-8,11-13,15H,5-6,9-10H2,1-4H3. The molecule has 1 aromatic heterocycles. The third-order valence-corrected chi connectivity index (χ3v) is 4.58. The van der Waals surface area contributed by atoms with E-state index in [0.717, 1.165) is 31.9 Å². The summed E-state index contributed by atoms with van der Waals surface area (Å²) in [5.41, 5.74) is -1.03. The number of aromatic nitrogens is 2. The van der Waals surface area contributed by atoms with E-state index in [4.69, 9.17) is 9.47 Å². The molecule has 158 valence electrons. The minimum absolute atomic E-state index is 0.106. The van der Waals surface area contributed by atoms with E-state index in [1.165, 1.54) is 11.9 Å². The summed E-state index contributed by atoms with van der Waals surface area (Å²) < 4.78 is 52.3. The smallest absolute Gasteiger partial charge is 0.421 e. The fourth-order valence-corrected chi connectivity index (χ4v) is 3.22. The molecule has 0 amide bonds. The van der Waals surface area contributed by atoms with Gasteiger partial charge in [0.15, 0.2) is 5.82 Å². The molecular weight excluding hydrogens is 383 g/mol. The molecule has 1 aliphatic rings. The topological polar surface area (TPSA) is 47.5 Å². The lowest BCUT2D eigenvalue weighted by Crippen LogP contribution is -2.26. The lowest BCUT2D eigenvalue weighted by Gasteiger charge is -2.25. The van der Waals surface area contributed by atoms with Crippen LogP contribution in [-0.4, -0.2) is 28.7 Å². The van der Waals surface area contributed by atoms with Crippen molar-refractivity contribution in [1.29, 1.82) is 0 Å². The molecule has 0 saturated heterocycles. The van der Waals surface area contributed by atoms with Crippen LogP contribution in [0.25, 0.3) is 0 Å². The molecule has 1 aliphatic carbocycles. The van der Waals surface area contributed by atoms with E-state index < -0.39 is 17.3 Å². The van der Waals surface area contributed by atoms with Crippen LogP contribution < -0.4 is 14.4 Å².